The molecule has 0 fully saturated rings. The van der Waals surface area contributed by atoms with Gasteiger partial charge in [0.25, 0.3) is 0 Å². The first-order valence-corrected chi connectivity index (χ1v) is 11.5. The van der Waals surface area contributed by atoms with Crippen LogP contribution in [-0.4, -0.2) is 30.1 Å². The number of carboxylic acids is 1. The van der Waals surface area contributed by atoms with Gasteiger partial charge in [-0.3, -0.25) is 5.41 Å². The molecule has 180 valence electrons. The number of anilines is 1. The van der Waals surface area contributed by atoms with Crippen molar-refractivity contribution in [3.8, 4) is 5.75 Å². The van der Waals surface area contributed by atoms with Gasteiger partial charge in [0.1, 0.15) is 18.2 Å². The molecule has 0 aliphatic rings. The molecule has 7 nitrogen and oxygen atoms in total. The van der Waals surface area contributed by atoms with Gasteiger partial charge in [-0.05, 0) is 64.6 Å². The first-order chi connectivity index (χ1) is 15.8. The Kier molecular flexibility index (Phi) is 10.9. The maximum Gasteiger partial charge on any atom is 0.330 e. The van der Waals surface area contributed by atoms with E-state index in [1.807, 2.05) is 30.3 Å². The summed E-state index contributed by atoms with van der Waals surface area (Å²) in [6, 6.07) is 18.6. The van der Waals surface area contributed by atoms with E-state index in [9.17, 15) is 9.90 Å². The van der Waals surface area contributed by atoms with Gasteiger partial charge in [0.15, 0.2) is 6.04 Å². The Hall–Kier alpha value is -2.53. The van der Waals surface area contributed by atoms with Crippen LogP contribution in [0, 0.1) is 8.98 Å². The SMILES string of the molecule is Cl.N=C(N)c1ccc(NC(C(=O)O)c2cc(Cl)cc(I)c2OCCOCc2ccccc2)cc1. The molecule has 0 bridgehead atoms. The van der Waals surface area contributed by atoms with Gasteiger partial charge >= 0.3 is 5.97 Å². The number of hydrogen-bond acceptors (Lipinski definition) is 5. The molecular weight excluding hydrogens is 592 g/mol. The zero-order valence-corrected chi connectivity index (χ0v) is 21.7. The minimum Gasteiger partial charge on any atom is -0.490 e. The standard InChI is InChI=1S/C24H23ClIN3O4.ClH/c25-17-12-19(21(24(30)31)29-18-8-6-16(7-9-18)23(27)28)22(20(26)13-17)33-11-10-32-14-15-4-2-1-3-5-15;/h1-9,12-13,21,29H,10-11,14H2,(H3,27,28)(H,30,31);1H. The Morgan fingerprint density at radius 2 is 1.79 bits per heavy atom. The van der Waals surface area contributed by atoms with Gasteiger partial charge in [-0.15, -0.1) is 12.4 Å². The number of nitrogens with one attached hydrogen (secondary N) is 2. The molecule has 0 heterocycles. The van der Waals surface area contributed by atoms with Crippen LogP contribution in [0.4, 0.5) is 5.69 Å². The summed E-state index contributed by atoms with van der Waals surface area (Å²) in [6.07, 6.45) is 0. The zero-order valence-electron chi connectivity index (χ0n) is 18.0. The summed E-state index contributed by atoms with van der Waals surface area (Å²) >= 11 is 8.31. The summed E-state index contributed by atoms with van der Waals surface area (Å²) < 4.78 is 12.3. The van der Waals surface area contributed by atoms with Crippen LogP contribution in [0.25, 0.3) is 0 Å². The number of rotatable bonds is 11. The minimum absolute atomic E-state index is 0. The highest BCUT2D eigenvalue weighted by Crippen LogP contribution is 2.35. The molecule has 3 aromatic rings. The second kappa shape index (κ2) is 13.4. The largest absolute Gasteiger partial charge is 0.490 e. The first kappa shape index (κ1) is 27.7. The van der Waals surface area contributed by atoms with Gasteiger partial charge < -0.3 is 25.6 Å². The van der Waals surface area contributed by atoms with Crippen LogP contribution in [0.2, 0.25) is 5.02 Å². The van der Waals surface area contributed by atoms with Crippen LogP contribution < -0.4 is 15.8 Å². The second-order valence-electron chi connectivity index (χ2n) is 7.10. The van der Waals surface area contributed by atoms with Gasteiger partial charge in [0.2, 0.25) is 0 Å². The van der Waals surface area contributed by atoms with Crippen molar-refractivity contribution in [1.29, 1.82) is 5.41 Å². The first-order valence-electron chi connectivity index (χ1n) is 10.0. The molecule has 0 aliphatic carbocycles. The topological polar surface area (TPSA) is 118 Å². The molecule has 0 saturated carbocycles. The van der Waals surface area contributed by atoms with Gasteiger partial charge in [-0.2, -0.15) is 0 Å². The fourth-order valence-electron chi connectivity index (χ4n) is 3.10. The highest BCUT2D eigenvalue weighted by Gasteiger charge is 2.26. The van der Waals surface area contributed by atoms with E-state index in [0.29, 0.717) is 44.4 Å². The molecule has 0 aromatic heterocycles. The average molecular weight is 616 g/mol. The quantitative estimate of drug-likeness (QED) is 0.0981. The maximum atomic E-state index is 12.1. The highest BCUT2D eigenvalue weighted by molar-refractivity contribution is 14.1. The zero-order chi connectivity index (χ0) is 23.8. The van der Waals surface area contributed by atoms with Crippen molar-refractivity contribution in [3.63, 3.8) is 0 Å². The number of carbonyl (C=O) groups is 1. The van der Waals surface area contributed by atoms with E-state index >= 15 is 0 Å². The lowest BCUT2D eigenvalue weighted by Gasteiger charge is -2.21. The smallest absolute Gasteiger partial charge is 0.330 e. The lowest BCUT2D eigenvalue weighted by atomic mass is 10.0. The lowest BCUT2D eigenvalue weighted by molar-refractivity contribution is -0.138. The van der Waals surface area contributed by atoms with E-state index in [2.05, 4.69) is 27.9 Å². The number of benzene rings is 3. The molecule has 34 heavy (non-hydrogen) atoms. The maximum absolute atomic E-state index is 12.1. The molecule has 5 N–H and O–H groups in total. The Morgan fingerprint density at radius 1 is 1.12 bits per heavy atom. The Morgan fingerprint density at radius 3 is 2.41 bits per heavy atom. The van der Waals surface area contributed by atoms with Gasteiger partial charge in [0.05, 0.1) is 16.8 Å². The van der Waals surface area contributed by atoms with Crippen molar-refractivity contribution in [3.05, 3.63) is 92.0 Å². The van der Waals surface area contributed by atoms with Crippen LogP contribution in [0.1, 0.15) is 22.7 Å². The molecule has 0 amide bonds. The molecule has 0 aliphatic heterocycles. The van der Waals surface area contributed by atoms with E-state index in [-0.39, 0.29) is 24.8 Å². The van der Waals surface area contributed by atoms with Gasteiger partial charge in [0, 0.05) is 21.8 Å². The van der Waals surface area contributed by atoms with Crippen molar-refractivity contribution in [1.82, 2.24) is 0 Å². The molecule has 0 saturated heterocycles. The number of nitrogen functional groups attached to an aromatic ring is 1. The molecule has 1 unspecified atom stereocenters. The van der Waals surface area contributed by atoms with Crippen LogP contribution in [0.5, 0.6) is 5.75 Å². The number of aliphatic carboxylic acids is 1. The fourth-order valence-corrected chi connectivity index (χ4v) is 4.31. The summed E-state index contributed by atoms with van der Waals surface area (Å²) in [5.41, 5.74) is 8.05. The van der Waals surface area contributed by atoms with E-state index in [1.54, 1.807) is 36.4 Å². The average Bonchev–Trinajstić information content (AvgIpc) is 2.79. The van der Waals surface area contributed by atoms with Gasteiger partial charge in [-0.25, -0.2) is 4.79 Å². The fraction of sp³-hybridized carbons (Fsp3) is 0.167. The Bertz CT molecular complexity index is 1120. The Labute approximate surface area is 222 Å². The number of ether oxygens (including phenoxy) is 2. The third-order valence-corrected chi connectivity index (χ3v) is 5.71. The van der Waals surface area contributed by atoms with E-state index in [4.69, 9.17) is 32.2 Å². The third kappa shape index (κ3) is 7.76. The van der Waals surface area contributed by atoms with Crippen LogP contribution >= 0.6 is 46.6 Å². The number of carboxylic acid groups (broad SMARTS) is 1. The number of nitrogens with two attached hydrogens (primary N) is 1. The molecule has 0 spiro atoms. The van der Waals surface area contributed by atoms with Crippen LogP contribution in [0.15, 0.2) is 66.7 Å². The summed E-state index contributed by atoms with van der Waals surface area (Å²) in [7, 11) is 0. The Balaban J connectivity index is 0.00000408. The molecule has 3 rings (SSSR count). The van der Waals surface area contributed by atoms with Crippen molar-refractivity contribution in [2.75, 3.05) is 18.5 Å². The van der Waals surface area contributed by atoms with Crippen molar-refractivity contribution in [2.24, 2.45) is 5.73 Å². The summed E-state index contributed by atoms with van der Waals surface area (Å²) in [5.74, 6) is -0.719. The summed E-state index contributed by atoms with van der Waals surface area (Å²) in [5, 5.41) is 20.8. The summed E-state index contributed by atoms with van der Waals surface area (Å²) in [4.78, 5) is 12.1. The van der Waals surface area contributed by atoms with Crippen molar-refractivity contribution in [2.45, 2.75) is 12.6 Å². The second-order valence-corrected chi connectivity index (χ2v) is 8.70. The van der Waals surface area contributed by atoms with Gasteiger partial charge in [-0.1, -0.05) is 41.9 Å². The normalized spacial score (nSPS) is 11.2. The summed E-state index contributed by atoms with van der Waals surface area (Å²) in [6.45, 7) is 1.05. The minimum atomic E-state index is -1.11. The lowest BCUT2D eigenvalue weighted by Crippen LogP contribution is -2.22. The monoisotopic (exact) mass is 615 g/mol. The van der Waals surface area contributed by atoms with Crippen LogP contribution in [-0.2, 0) is 16.1 Å². The van der Waals surface area contributed by atoms with E-state index < -0.39 is 12.0 Å². The van der Waals surface area contributed by atoms with Crippen molar-refractivity contribution >= 4 is 64.1 Å². The molecule has 10 heteroatoms. The van der Waals surface area contributed by atoms with Crippen molar-refractivity contribution < 1.29 is 19.4 Å². The number of hydrogen-bond donors (Lipinski definition) is 4. The highest BCUT2D eigenvalue weighted by atomic mass is 127. The number of amidine groups is 1. The molecule has 0 radical (unpaired) electrons. The van der Waals surface area contributed by atoms with E-state index in [0.717, 1.165) is 5.56 Å². The number of halogens is 3. The predicted molar refractivity (Wildman–Crippen MR) is 144 cm³/mol. The molecule has 1 atom stereocenters. The van der Waals surface area contributed by atoms with E-state index in [1.165, 1.54) is 0 Å². The third-order valence-electron chi connectivity index (χ3n) is 4.69. The predicted octanol–water partition coefficient (Wildman–Crippen LogP) is 5.48. The molecule has 3 aromatic carbocycles. The molecular formula is C24H24Cl2IN3O4. The van der Waals surface area contributed by atoms with Crippen LogP contribution in [0.3, 0.4) is 0 Å².